The van der Waals surface area contributed by atoms with E-state index < -0.39 is 5.91 Å². The van der Waals surface area contributed by atoms with Gasteiger partial charge in [0.05, 0.1) is 11.8 Å². The maximum absolute atomic E-state index is 12.2. The van der Waals surface area contributed by atoms with Gasteiger partial charge in [-0.25, -0.2) is 4.98 Å². The van der Waals surface area contributed by atoms with Gasteiger partial charge in [-0.1, -0.05) is 42.9 Å². The number of hydrogen-bond donors (Lipinski definition) is 1. The first-order chi connectivity index (χ1) is 16.5. The van der Waals surface area contributed by atoms with E-state index in [4.69, 9.17) is 20.2 Å². The van der Waals surface area contributed by atoms with E-state index in [-0.39, 0.29) is 0 Å². The molecule has 2 unspecified atom stereocenters. The second-order valence-corrected chi connectivity index (χ2v) is 10.6. The van der Waals surface area contributed by atoms with Gasteiger partial charge in [0.2, 0.25) is 0 Å². The Morgan fingerprint density at radius 3 is 2.50 bits per heavy atom. The summed E-state index contributed by atoms with van der Waals surface area (Å²) in [4.78, 5) is 22.2. The summed E-state index contributed by atoms with van der Waals surface area (Å²) in [6.45, 7) is 6.29. The molecule has 7 nitrogen and oxygen atoms in total. The van der Waals surface area contributed by atoms with E-state index in [1.165, 1.54) is 17.8 Å². The smallest absolute Gasteiger partial charge is 0.261 e. The number of primary amides is 1. The number of epoxide rings is 1. The number of rotatable bonds is 8. The van der Waals surface area contributed by atoms with E-state index in [0.717, 1.165) is 54.8 Å². The van der Waals surface area contributed by atoms with Gasteiger partial charge in [0.15, 0.2) is 5.13 Å². The number of aromatic nitrogens is 1. The fourth-order valence-corrected chi connectivity index (χ4v) is 6.09. The summed E-state index contributed by atoms with van der Waals surface area (Å²) >= 11 is 1.39. The largest absolute Gasteiger partial charge is 0.457 e. The molecule has 3 saturated heterocycles. The van der Waals surface area contributed by atoms with E-state index in [0.29, 0.717) is 28.3 Å². The van der Waals surface area contributed by atoms with Gasteiger partial charge >= 0.3 is 0 Å². The summed E-state index contributed by atoms with van der Waals surface area (Å²) in [5, 5.41) is 0.865. The van der Waals surface area contributed by atoms with Gasteiger partial charge in [0, 0.05) is 37.2 Å². The maximum Gasteiger partial charge on any atom is 0.261 e. The second kappa shape index (κ2) is 8.37. The van der Waals surface area contributed by atoms with Crippen molar-refractivity contribution in [3.63, 3.8) is 0 Å². The van der Waals surface area contributed by atoms with Crippen LogP contribution in [0.2, 0.25) is 0 Å². The molecule has 0 saturated carbocycles. The zero-order valence-electron chi connectivity index (χ0n) is 19.1. The molecule has 6 rings (SSSR count). The molecule has 3 aliphatic heterocycles. The predicted octanol–water partition coefficient (Wildman–Crippen LogP) is 4.35. The number of benzene rings is 2. The molecule has 34 heavy (non-hydrogen) atoms. The molecule has 2 N–H and O–H groups in total. The Morgan fingerprint density at radius 2 is 1.82 bits per heavy atom. The number of amides is 1. The van der Waals surface area contributed by atoms with E-state index in [1.807, 2.05) is 54.6 Å². The van der Waals surface area contributed by atoms with Gasteiger partial charge in [0.25, 0.3) is 5.91 Å². The number of hydrogen-bond acceptors (Lipinski definition) is 7. The lowest BCUT2D eigenvalue weighted by Gasteiger charge is -2.60. The minimum Gasteiger partial charge on any atom is -0.457 e. The lowest BCUT2D eigenvalue weighted by Crippen LogP contribution is -2.72. The van der Waals surface area contributed by atoms with Crippen LogP contribution in [0.1, 0.15) is 29.4 Å². The van der Waals surface area contributed by atoms with Crippen molar-refractivity contribution in [2.75, 3.05) is 31.1 Å². The van der Waals surface area contributed by atoms with Crippen LogP contribution in [0, 0.1) is 5.41 Å². The van der Waals surface area contributed by atoms with Crippen molar-refractivity contribution in [1.82, 2.24) is 9.88 Å². The molecule has 176 valence electrons. The molecule has 3 aliphatic rings. The van der Waals surface area contributed by atoms with Crippen molar-refractivity contribution < 1.29 is 14.3 Å². The van der Waals surface area contributed by atoms with Crippen LogP contribution in [0.15, 0.2) is 54.6 Å². The van der Waals surface area contributed by atoms with Crippen molar-refractivity contribution in [3.8, 4) is 22.8 Å². The van der Waals surface area contributed by atoms with Crippen LogP contribution in [0.25, 0.3) is 11.3 Å². The molecule has 2 atom stereocenters. The predicted molar refractivity (Wildman–Crippen MR) is 132 cm³/mol. The second-order valence-electron chi connectivity index (χ2n) is 9.59. The Labute approximate surface area is 203 Å². The van der Waals surface area contributed by atoms with Crippen LogP contribution in [-0.4, -0.2) is 54.3 Å². The lowest BCUT2D eigenvalue weighted by atomic mass is 9.73. The van der Waals surface area contributed by atoms with Gasteiger partial charge in [-0.05, 0) is 42.8 Å². The number of likely N-dealkylation sites (tertiary alicyclic amines) is 1. The number of nitrogens with two attached hydrogens (primary N) is 1. The fourth-order valence-electron chi connectivity index (χ4n) is 5.16. The number of ether oxygens (including phenoxy) is 2. The molecular weight excluding hydrogens is 448 g/mol. The summed E-state index contributed by atoms with van der Waals surface area (Å²) in [7, 11) is 0. The number of carbonyl (C=O) groups excluding carboxylic acids is 1. The summed E-state index contributed by atoms with van der Waals surface area (Å²) < 4.78 is 11.7. The summed E-state index contributed by atoms with van der Waals surface area (Å²) in [5.74, 6) is 1.06. The monoisotopic (exact) mass is 476 g/mol. The SMILES string of the molecule is CCCC1OC1N1CC2(CN(c3nc(-c4ccc(Oc5ccccc5)cc4)c(C(N)=O)s3)C2)C1. The molecule has 0 bridgehead atoms. The van der Waals surface area contributed by atoms with Crippen molar-refractivity contribution in [2.45, 2.75) is 32.1 Å². The molecule has 8 heteroatoms. The average Bonchev–Trinajstić information content (AvgIpc) is 3.38. The van der Waals surface area contributed by atoms with Gasteiger partial charge in [-0.3, -0.25) is 9.69 Å². The maximum atomic E-state index is 12.2. The molecule has 1 spiro atoms. The third-order valence-electron chi connectivity index (χ3n) is 6.84. The van der Waals surface area contributed by atoms with E-state index in [2.05, 4.69) is 16.7 Å². The molecule has 3 aromatic rings. The third-order valence-corrected chi connectivity index (χ3v) is 7.97. The lowest BCUT2D eigenvalue weighted by molar-refractivity contribution is -0.0490. The highest BCUT2D eigenvalue weighted by Crippen LogP contribution is 2.47. The van der Waals surface area contributed by atoms with Crippen LogP contribution in [0.3, 0.4) is 0 Å². The minimum atomic E-state index is -0.443. The van der Waals surface area contributed by atoms with Crippen molar-refractivity contribution in [3.05, 3.63) is 59.5 Å². The van der Waals surface area contributed by atoms with Crippen molar-refractivity contribution in [2.24, 2.45) is 11.1 Å². The Kier molecular flexibility index (Phi) is 5.32. The molecule has 0 radical (unpaired) electrons. The van der Waals surface area contributed by atoms with Crippen molar-refractivity contribution >= 4 is 22.4 Å². The molecule has 1 aromatic heterocycles. The highest BCUT2D eigenvalue weighted by Gasteiger charge is 2.58. The zero-order valence-corrected chi connectivity index (χ0v) is 20.0. The quantitative estimate of drug-likeness (QED) is 0.487. The molecule has 1 amide bonds. The van der Waals surface area contributed by atoms with Crippen LogP contribution < -0.4 is 15.4 Å². The third kappa shape index (κ3) is 3.96. The number of nitrogens with zero attached hydrogens (tertiary/aromatic N) is 3. The highest BCUT2D eigenvalue weighted by molar-refractivity contribution is 7.18. The van der Waals surface area contributed by atoms with Gasteiger partial charge in [-0.2, -0.15) is 0 Å². The normalized spacial score (nSPS) is 22.8. The van der Waals surface area contributed by atoms with E-state index in [9.17, 15) is 4.79 Å². The Balaban J connectivity index is 1.12. The number of carbonyl (C=O) groups is 1. The first-order valence-corrected chi connectivity index (χ1v) is 12.6. The van der Waals surface area contributed by atoms with Crippen LogP contribution in [0.5, 0.6) is 11.5 Å². The van der Waals surface area contributed by atoms with Crippen LogP contribution in [-0.2, 0) is 4.74 Å². The van der Waals surface area contributed by atoms with E-state index >= 15 is 0 Å². The van der Waals surface area contributed by atoms with Gasteiger partial charge in [0.1, 0.15) is 22.6 Å². The van der Waals surface area contributed by atoms with Gasteiger partial charge < -0.3 is 20.1 Å². The molecule has 2 aromatic carbocycles. The summed E-state index contributed by atoms with van der Waals surface area (Å²) in [6, 6.07) is 17.3. The Hall–Kier alpha value is -2.94. The first kappa shape index (κ1) is 21.6. The standard InChI is InChI=1S/C26H28N4O3S/c1-2-6-20-24(33-20)29-13-26(14-29)15-30(16-26)25-28-21(22(34-25)23(27)31)17-9-11-19(12-10-17)32-18-7-4-3-5-8-18/h3-5,7-12,20,24H,2,6,13-16H2,1H3,(H2,27,31). The topological polar surface area (TPSA) is 84.2 Å². The molecule has 3 fully saturated rings. The van der Waals surface area contributed by atoms with E-state index in [1.54, 1.807) is 0 Å². The highest BCUT2D eigenvalue weighted by atomic mass is 32.1. The zero-order chi connectivity index (χ0) is 23.3. The number of para-hydroxylation sites is 1. The Bertz CT molecular complexity index is 1180. The molecule has 4 heterocycles. The minimum absolute atomic E-state index is 0.331. The first-order valence-electron chi connectivity index (χ1n) is 11.8. The number of anilines is 1. The van der Waals surface area contributed by atoms with Gasteiger partial charge in [-0.15, -0.1) is 0 Å². The number of thiazole rings is 1. The van der Waals surface area contributed by atoms with Crippen molar-refractivity contribution in [1.29, 1.82) is 0 Å². The summed E-state index contributed by atoms with van der Waals surface area (Å²) in [6.07, 6.45) is 3.09. The molecule has 0 aliphatic carbocycles. The molecular formula is C26H28N4O3S. The van der Waals surface area contributed by atoms with Crippen LogP contribution in [0.4, 0.5) is 5.13 Å². The average molecular weight is 477 g/mol. The fraction of sp³-hybridized carbons (Fsp3) is 0.385. The van der Waals surface area contributed by atoms with Crippen LogP contribution >= 0.6 is 11.3 Å². The Morgan fingerprint density at radius 1 is 1.12 bits per heavy atom. The summed E-state index contributed by atoms with van der Waals surface area (Å²) in [5.41, 5.74) is 7.54.